The van der Waals surface area contributed by atoms with Crippen molar-refractivity contribution < 1.29 is 5.11 Å². The van der Waals surface area contributed by atoms with Gasteiger partial charge in [0.2, 0.25) is 0 Å². The minimum atomic E-state index is -0.0748. The Balaban J connectivity index is 1.58. The molecule has 4 aliphatic carbocycles. The average Bonchev–Trinajstić information content (AvgIpc) is 3.03. The molecule has 1 heteroatoms. The van der Waals surface area contributed by atoms with E-state index in [9.17, 15) is 5.11 Å². The molecule has 0 saturated heterocycles. The molecule has 4 aliphatic rings. The van der Waals surface area contributed by atoms with Crippen LogP contribution in [0, 0.1) is 46.3 Å². The Bertz CT molecular complexity index is 712. The molecule has 1 N–H and O–H groups in total. The summed E-state index contributed by atoms with van der Waals surface area (Å²) in [7, 11) is 0. The molecule has 0 aromatic rings. The van der Waals surface area contributed by atoms with Crippen molar-refractivity contribution in [1.29, 1.82) is 0 Å². The van der Waals surface area contributed by atoms with Crippen molar-refractivity contribution in [2.45, 2.75) is 92.6 Å². The van der Waals surface area contributed by atoms with Crippen LogP contribution in [0.15, 0.2) is 35.5 Å². The van der Waals surface area contributed by atoms with E-state index in [0.29, 0.717) is 28.6 Å². The molecule has 0 radical (unpaired) electrons. The van der Waals surface area contributed by atoms with E-state index in [2.05, 4.69) is 65.8 Å². The first-order chi connectivity index (χ1) is 13.7. The third-order valence-electron chi connectivity index (χ3n) is 9.94. The molecule has 2 fully saturated rings. The Hall–Kier alpha value is -0.820. The van der Waals surface area contributed by atoms with Gasteiger partial charge in [0.15, 0.2) is 0 Å². The van der Waals surface area contributed by atoms with Gasteiger partial charge < -0.3 is 5.11 Å². The number of fused-ring (bicyclic) bond motifs is 5. The van der Waals surface area contributed by atoms with Gasteiger partial charge in [-0.2, -0.15) is 0 Å². The van der Waals surface area contributed by atoms with Crippen molar-refractivity contribution >= 4 is 0 Å². The van der Waals surface area contributed by atoms with Gasteiger partial charge in [-0.15, -0.1) is 0 Å². The summed E-state index contributed by atoms with van der Waals surface area (Å²) in [6.07, 6.45) is 18.5. The summed E-state index contributed by atoms with van der Waals surface area (Å²) in [6, 6.07) is 0. The third kappa shape index (κ3) is 3.50. The second kappa shape index (κ2) is 7.70. The van der Waals surface area contributed by atoms with E-state index in [4.69, 9.17) is 0 Å². The summed E-state index contributed by atoms with van der Waals surface area (Å²) < 4.78 is 0. The topological polar surface area (TPSA) is 20.2 Å². The fourth-order valence-corrected chi connectivity index (χ4v) is 7.44. The van der Waals surface area contributed by atoms with E-state index >= 15 is 0 Å². The summed E-state index contributed by atoms with van der Waals surface area (Å²) in [5.74, 6) is 4.23. The number of aliphatic hydroxyl groups excluding tert-OH is 1. The Labute approximate surface area is 179 Å². The fourth-order valence-electron chi connectivity index (χ4n) is 7.44. The first-order valence-corrected chi connectivity index (χ1v) is 12.4. The molecule has 2 saturated carbocycles. The van der Waals surface area contributed by atoms with Crippen molar-refractivity contribution in [3.63, 3.8) is 0 Å². The lowest BCUT2D eigenvalue weighted by Gasteiger charge is -2.53. The smallest absolute Gasteiger partial charge is 0.0543 e. The van der Waals surface area contributed by atoms with E-state index in [0.717, 1.165) is 30.6 Å². The maximum absolute atomic E-state index is 10.2. The molecule has 29 heavy (non-hydrogen) atoms. The molecule has 0 aromatic carbocycles. The molecule has 4 rings (SSSR count). The quantitative estimate of drug-likeness (QED) is 0.493. The molecule has 0 aliphatic heterocycles. The molecule has 0 heterocycles. The predicted octanol–water partition coefficient (Wildman–Crippen LogP) is 7.33. The fraction of sp³-hybridized carbons (Fsp3) is 0.786. The molecule has 0 spiro atoms. The highest BCUT2D eigenvalue weighted by molar-refractivity contribution is 5.46. The summed E-state index contributed by atoms with van der Waals surface area (Å²) in [4.78, 5) is 0. The van der Waals surface area contributed by atoms with Crippen molar-refractivity contribution in [3.05, 3.63) is 35.5 Å². The molecule has 1 nitrogen and oxygen atoms in total. The maximum atomic E-state index is 10.2. The standard InChI is InChI=1S/C28H44O/c1-18(2)19(3)7-8-20(4)24-11-12-25-23-10-9-21-17-22(29)13-15-27(21,5)26(23)14-16-28(24,25)6/h7-8,10,14,18-22,24-25,29H,9,11-13,15-17H2,1-6H3/t19-,20+,21?,22-,24+,25-,27-,28+/m0/s1. The molecule has 8 atom stereocenters. The lowest BCUT2D eigenvalue weighted by molar-refractivity contribution is 0.0316. The molecular weight excluding hydrogens is 352 g/mol. The van der Waals surface area contributed by atoms with Gasteiger partial charge in [0, 0.05) is 0 Å². The van der Waals surface area contributed by atoms with Crippen LogP contribution in [-0.4, -0.2) is 11.2 Å². The Morgan fingerprint density at radius 1 is 1.03 bits per heavy atom. The van der Waals surface area contributed by atoms with Crippen molar-refractivity contribution in [1.82, 2.24) is 0 Å². The van der Waals surface area contributed by atoms with Crippen molar-refractivity contribution in [2.24, 2.45) is 46.3 Å². The van der Waals surface area contributed by atoms with E-state index in [1.165, 1.54) is 32.1 Å². The van der Waals surface area contributed by atoms with E-state index < -0.39 is 0 Å². The van der Waals surface area contributed by atoms with Crippen molar-refractivity contribution in [3.8, 4) is 0 Å². The minimum absolute atomic E-state index is 0.0748. The SMILES string of the molecule is CC(C)[C@@H](C)C=C[C@@H](C)[C@H]1CC[C@H]2C3=CCC4C[C@@H](O)CC[C@]4(C)C3=CC[C@]12C. The van der Waals surface area contributed by atoms with E-state index in [1.807, 2.05) is 0 Å². The van der Waals surface area contributed by atoms with Crippen LogP contribution in [-0.2, 0) is 0 Å². The first-order valence-electron chi connectivity index (χ1n) is 12.4. The highest BCUT2D eigenvalue weighted by Gasteiger charge is 2.55. The van der Waals surface area contributed by atoms with Crippen LogP contribution in [0.4, 0.5) is 0 Å². The van der Waals surface area contributed by atoms with Gasteiger partial charge in [-0.1, -0.05) is 65.8 Å². The van der Waals surface area contributed by atoms with Gasteiger partial charge in [-0.05, 0) is 102 Å². The van der Waals surface area contributed by atoms with Crippen LogP contribution in [0.5, 0.6) is 0 Å². The number of hydrogen-bond acceptors (Lipinski definition) is 1. The molecular formula is C28H44O. The summed E-state index contributed by atoms with van der Waals surface area (Å²) in [5.41, 5.74) is 4.11. The highest BCUT2D eigenvalue weighted by Crippen LogP contribution is 2.64. The van der Waals surface area contributed by atoms with Gasteiger partial charge in [0.25, 0.3) is 0 Å². The lowest BCUT2D eigenvalue weighted by atomic mass is 9.51. The summed E-state index contributed by atoms with van der Waals surface area (Å²) >= 11 is 0. The zero-order valence-electron chi connectivity index (χ0n) is 19.7. The third-order valence-corrected chi connectivity index (χ3v) is 9.94. The number of allylic oxidation sites excluding steroid dienone is 6. The van der Waals surface area contributed by atoms with Gasteiger partial charge >= 0.3 is 0 Å². The van der Waals surface area contributed by atoms with Crippen LogP contribution in [0.3, 0.4) is 0 Å². The largest absolute Gasteiger partial charge is 0.393 e. The monoisotopic (exact) mass is 396 g/mol. The number of rotatable bonds is 4. The van der Waals surface area contributed by atoms with Crippen LogP contribution >= 0.6 is 0 Å². The van der Waals surface area contributed by atoms with Gasteiger partial charge in [0.1, 0.15) is 0 Å². The first kappa shape index (κ1) is 21.4. The van der Waals surface area contributed by atoms with Crippen molar-refractivity contribution in [2.75, 3.05) is 0 Å². The van der Waals surface area contributed by atoms with Gasteiger partial charge in [-0.3, -0.25) is 0 Å². The Morgan fingerprint density at radius 3 is 2.52 bits per heavy atom. The maximum Gasteiger partial charge on any atom is 0.0543 e. The zero-order chi connectivity index (χ0) is 21.0. The normalized spacial score (nSPS) is 44.0. The van der Waals surface area contributed by atoms with E-state index in [1.54, 1.807) is 11.1 Å². The number of hydrogen-bond donors (Lipinski definition) is 1. The highest BCUT2D eigenvalue weighted by atomic mass is 16.3. The summed E-state index contributed by atoms with van der Waals surface area (Å²) in [6.45, 7) is 14.6. The van der Waals surface area contributed by atoms with Gasteiger partial charge in [-0.25, -0.2) is 0 Å². The van der Waals surface area contributed by atoms with Crippen LogP contribution in [0.25, 0.3) is 0 Å². The predicted molar refractivity (Wildman–Crippen MR) is 123 cm³/mol. The van der Waals surface area contributed by atoms with Crippen LogP contribution < -0.4 is 0 Å². The summed E-state index contributed by atoms with van der Waals surface area (Å²) in [5, 5.41) is 10.2. The Kier molecular flexibility index (Phi) is 5.69. The second-order valence-corrected chi connectivity index (χ2v) is 11.8. The van der Waals surface area contributed by atoms with Crippen LogP contribution in [0.1, 0.15) is 86.5 Å². The molecule has 0 aromatic heterocycles. The molecule has 0 bridgehead atoms. The molecule has 1 unspecified atom stereocenters. The second-order valence-electron chi connectivity index (χ2n) is 11.8. The van der Waals surface area contributed by atoms with E-state index in [-0.39, 0.29) is 6.10 Å². The Morgan fingerprint density at radius 2 is 1.79 bits per heavy atom. The number of aliphatic hydroxyl groups is 1. The average molecular weight is 397 g/mol. The lowest BCUT2D eigenvalue weighted by Crippen LogP contribution is -2.44. The molecule has 162 valence electrons. The minimum Gasteiger partial charge on any atom is -0.393 e. The van der Waals surface area contributed by atoms with Gasteiger partial charge in [0.05, 0.1) is 6.10 Å². The molecule has 0 amide bonds. The van der Waals surface area contributed by atoms with Crippen LogP contribution in [0.2, 0.25) is 0 Å². The zero-order valence-corrected chi connectivity index (χ0v) is 19.7.